The van der Waals surface area contributed by atoms with E-state index in [9.17, 15) is 9.90 Å². The average molecular weight is 405 g/mol. The molecule has 3 aromatic rings. The third kappa shape index (κ3) is 5.35. The number of aliphatic hydroxyl groups is 1. The molecule has 0 aliphatic rings. The van der Waals surface area contributed by atoms with Gasteiger partial charge in [0, 0.05) is 5.57 Å². The minimum absolute atomic E-state index is 0.375. The number of aryl methyl sites for hydroxylation is 1. The Labute approximate surface area is 177 Å². The molecule has 156 valence electrons. The summed E-state index contributed by atoms with van der Waals surface area (Å²) in [7, 11) is 0. The van der Waals surface area contributed by atoms with Crippen molar-refractivity contribution in [3.05, 3.63) is 78.4 Å². The highest BCUT2D eigenvalue weighted by atomic mass is 16.6. The lowest BCUT2D eigenvalue weighted by atomic mass is 9.98. The van der Waals surface area contributed by atoms with Gasteiger partial charge in [-0.15, -0.1) is 0 Å². The zero-order valence-corrected chi connectivity index (χ0v) is 17.6. The predicted octanol–water partition coefficient (Wildman–Crippen LogP) is 5.71. The van der Waals surface area contributed by atoms with Gasteiger partial charge in [0.1, 0.15) is 5.75 Å². The molecule has 0 heterocycles. The molecule has 0 aromatic heterocycles. The summed E-state index contributed by atoms with van der Waals surface area (Å²) in [4.78, 5) is 11.7. The summed E-state index contributed by atoms with van der Waals surface area (Å²) in [6.45, 7) is 11.2. The second-order valence-corrected chi connectivity index (χ2v) is 7.70. The van der Waals surface area contributed by atoms with Gasteiger partial charge in [0.25, 0.3) is 0 Å². The molecule has 3 aromatic carbocycles. The van der Waals surface area contributed by atoms with E-state index in [4.69, 9.17) is 9.47 Å². The summed E-state index contributed by atoms with van der Waals surface area (Å²) >= 11 is 0. The molecule has 0 fully saturated rings. The van der Waals surface area contributed by atoms with E-state index in [1.807, 2.05) is 24.3 Å². The van der Waals surface area contributed by atoms with Crippen molar-refractivity contribution in [1.82, 2.24) is 0 Å². The SMILES string of the molecule is C=C(C)C(=O)Oc1ccc2c(ccc3cc(CCCCOC(O)C(=C)C)ccc32)c1. The summed E-state index contributed by atoms with van der Waals surface area (Å²) in [6.07, 6.45) is 1.95. The second-order valence-electron chi connectivity index (χ2n) is 7.70. The second kappa shape index (κ2) is 9.70. The van der Waals surface area contributed by atoms with E-state index in [1.165, 1.54) is 16.3 Å². The number of rotatable bonds is 9. The molecule has 0 aliphatic carbocycles. The van der Waals surface area contributed by atoms with Crippen LogP contribution in [0, 0.1) is 0 Å². The smallest absolute Gasteiger partial charge is 0.338 e. The van der Waals surface area contributed by atoms with Crippen molar-refractivity contribution >= 4 is 27.5 Å². The molecular formula is C26H28O4. The molecule has 1 unspecified atom stereocenters. The van der Waals surface area contributed by atoms with Crippen LogP contribution in [0.15, 0.2) is 72.8 Å². The number of ether oxygens (including phenoxy) is 2. The van der Waals surface area contributed by atoms with E-state index in [0.717, 1.165) is 30.0 Å². The monoisotopic (exact) mass is 404 g/mol. The van der Waals surface area contributed by atoms with Gasteiger partial charge in [0.2, 0.25) is 0 Å². The maximum atomic E-state index is 11.7. The largest absolute Gasteiger partial charge is 0.423 e. The Kier molecular flexibility index (Phi) is 7.03. The zero-order chi connectivity index (χ0) is 21.7. The van der Waals surface area contributed by atoms with Crippen molar-refractivity contribution in [3.63, 3.8) is 0 Å². The van der Waals surface area contributed by atoms with Crippen molar-refractivity contribution in [2.75, 3.05) is 6.61 Å². The molecule has 0 saturated heterocycles. The summed E-state index contributed by atoms with van der Waals surface area (Å²) in [6, 6.07) is 16.3. The van der Waals surface area contributed by atoms with Gasteiger partial charge in [-0.1, -0.05) is 49.6 Å². The van der Waals surface area contributed by atoms with E-state index < -0.39 is 12.3 Å². The minimum atomic E-state index is -0.871. The maximum absolute atomic E-state index is 11.7. The van der Waals surface area contributed by atoms with Gasteiger partial charge < -0.3 is 14.6 Å². The molecule has 4 nitrogen and oxygen atoms in total. The first-order valence-corrected chi connectivity index (χ1v) is 10.1. The van der Waals surface area contributed by atoms with Crippen molar-refractivity contribution in [3.8, 4) is 5.75 Å². The van der Waals surface area contributed by atoms with Crippen LogP contribution >= 0.6 is 0 Å². The van der Waals surface area contributed by atoms with Crippen LogP contribution in [0.3, 0.4) is 0 Å². The van der Waals surface area contributed by atoms with Crippen molar-refractivity contribution in [2.24, 2.45) is 0 Å². The summed E-state index contributed by atoms with van der Waals surface area (Å²) in [5.74, 6) is 0.102. The quantitative estimate of drug-likeness (QED) is 0.0944. The van der Waals surface area contributed by atoms with Gasteiger partial charge in [-0.05, 0) is 77.9 Å². The fraction of sp³-hybridized carbons (Fsp3) is 0.269. The number of unbranched alkanes of at least 4 members (excludes halogenated alkanes) is 1. The topological polar surface area (TPSA) is 55.8 Å². The summed E-state index contributed by atoms with van der Waals surface area (Å²) in [5.41, 5.74) is 2.27. The van der Waals surface area contributed by atoms with Crippen LogP contribution in [0.5, 0.6) is 5.75 Å². The van der Waals surface area contributed by atoms with Gasteiger partial charge in [0.05, 0.1) is 6.61 Å². The number of carbonyl (C=O) groups is 1. The normalized spacial score (nSPS) is 12.1. The number of hydrogen-bond donors (Lipinski definition) is 1. The van der Waals surface area contributed by atoms with E-state index in [2.05, 4.69) is 37.4 Å². The molecule has 0 bridgehead atoms. The number of carbonyl (C=O) groups excluding carboxylic acids is 1. The van der Waals surface area contributed by atoms with E-state index in [1.54, 1.807) is 13.8 Å². The van der Waals surface area contributed by atoms with Crippen LogP contribution in [-0.4, -0.2) is 24.0 Å². The first-order valence-electron chi connectivity index (χ1n) is 10.1. The highest BCUT2D eigenvalue weighted by molar-refractivity contribution is 6.08. The molecule has 0 amide bonds. The first kappa shape index (κ1) is 21.8. The van der Waals surface area contributed by atoms with Crippen LogP contribution in [0.1, 0.15) is 32.3 Å². The zero-order valence-electron chi connectivity index (χ0n) is 17.6. The Morgan fingerprint density at radius 1 is 0.967 bits per heavy atom. The van der Waals surface area contributed by atoms with Crippen molar-refractivity contribution in [1.29, 1.82) is 0 Å². The van der Waals surface area contributed by atoms with E-state index >= 15 is 0 Å². The molecule has 4 heteroatoms. The number of hydrogen-bond acceptors (Lipinski definition) is 4. The van der Waals surface area contributed by atoms with E-state index in [-0.39, 0.29) is 0 Å². The van der Waals surface area contributed by atoms with Crippen LogP contribution in [0.2, 0.25) is 0 Å². The van der Waals surface area contributed by atoms with Crippen LogP contribution in [0.25, 0.3) is 21.5 Å². The van der Waals surface area contributed by atoms with Crippen molar-refractivity contribution in [2.45, 2.75) is 39.4 Å². The minimum Gasteiger partial charge on any atom is -0.423 e. The van der Waals surface area contributed by atoms with Crippen LogP contribution < -0.4 is 4.74 Å². The van der Waals surface area contributed by atoms with Gasteiger partial charge >= 0.3 is 5.97 Å². The number of aliphatic hydroxyl groups excluding tert-OH is 1. The van der Waals surface area contributed by atoms with Gasteiger partial charge in [-0.3, -0.25) is 0 Å². The molecule has 1 atom stereocenters. The number of esters is 1. The number of fused-ring (bicyclic) bond motifs is 3. The Morgan fingerprint density at radius 2 is 1.63 bits per heavy atom. The van der Waals surface area contributed by atoms with Gasteiger partial charge in [-0.25, -0.2) is 4.79 Å². The van der Waals surface area contributed by atoms with Crippen LogP contribution in [0.4, 0.5) is 0 Å². The lowest BCUT2D eigenvalue weighted by Gasteiger charge is -2.11. The molecule has 30 heavy (non-hydrogen) atoms. The summed E-state index contributed by atoms with van der Waals surface area (Å²) < 4.78 is 10.7. The average Bonchev–Trinajstić information content (AvgIpc) is 2.72. The predicted molar refractivity (Wildman–Crippen MR) is 122 cm³/mol. The van der Waals surface area contributed by atoms with Gasteiger partial charge in [-0.2, -0.15) is 0 Å². The van der Waals surface area contributed by atoms with E-state index in [0.29, 0.717) is 23.5 Å². The van der Waals surface area contributed by atoms with Gasteiger partial charge in [0.15, 0.2) is 6.29 Å². The molecule has 0 saturated carbocycles. The third-order valence-electron chi connectivity index (χ3n) is 4.99. The first-order chi connectivity index (χ1) is 14.3. The summed E-state index contributed by atoms with van der Waals surface area (Å²) in [5, 5.41) is 14.1. The lowest BCUT2D eigenvalue weighted by Crippen LogP contribution is -2.13. The standard InChI is InChI=1S/C26H28O4/c1-17(2)25(27)29-14-6-5-7-19-8-12-23-20(15-19)9-10-21-16-22(11-13-24(21)23)30-26(28)18(3)4/h8-13,15-16,25,27H,1,3,5-7,14H2,2,4H3. The maximum Gasteiger partial charge on any atom is 0.338 e. The fourth-order valence-corrected chi connectivity index (χ4v) is 3.28. The number of benzene rings is 3. The molecular weight excluding hydrogens is 376 g/mol. The highest BCUT2D eigenvalue weighted by Gasteiger charge is 2.08. The molecule has 1 N–H and O–H groups in total. The Balaban J connectivity index is 1.68. The Morgan fingerprint density at radius 3 is 2.30 bits per heavy atom. The molecule has 0 spiro atoms. The molecule has 0 radical (unpaired) electrons. The molecule has 0 aliphatic heterocycles. The lowest BCUT2D eigenvalue weighted by molar-refractivity contribution is -0.130. The third-order valence-corrected chi connectivity index (χ3v) is 4.99. The Hall–Kier alpha value is -2.95. The highest BCUT2D eigenvalue weighted by Crippen LogP contribution is 2.29. The fourth-order valence-electron chi connectivity index (χ4n) is 3.28. The van der Waals surface area contributed by atoms with Crippen LogP contribution in [-0.2, 0) is 16.0 Å². The molecule has 3 rings (SSSR count). The van der Waals surface area contributed by atoms with Crippen molar-refractivity contribution < 1.29 is 19.4 Å². The Bertz CT molecular complexity index is 1100.